The van der Waals surface area contributed by atoms with Crippen LogP contribution in [-0.4, -0.2) is 95.1 Å². The fourth-order valence-electron chi connectivity index (χ4n) is 16.3. The predicted octanol–water partition coefficient (Wildman–Crippen LogP) is 24.7. The van der Waals surface area contributed by atoms with Gasteiger partial charge in [0, 0.05) is 72.2 Å². The standard InChI is InChI=1S/C11H7BrO2.C11H9NO3.C11H8O2.2C10H9BrO2.C10H7BrO.2C10H10O2.C9H9BrO.C9H10O/c12-10-5-11(14)8-4-2-1-3-7(8)9(10)6-13;1-15-11-7-9(12(13)14)6-8-4-2-3-5-10(8)11;12-7-8-5-6-11(13)10-4-2-1-3-9(8)10;11-9-4-10(13)7-3-1-2-6(7)8(9)5-12;11-7-4-6-2-1-3-8(6)9(5-7)10(12)13;11-8-5-7-3-1-2-4-9(7)10(12)6-8;11-10(12)9-6-2-4-7-3-1-5-8(7)9;11-6-7-4-5-10(12)9-3-1-2-8(7)9;10-7-4-6-2-1-3-8(6)9(11)5-7;10-9-6-2-4-7-3-1-5-8(7)9/h1-6,14H;2-7H,1H3;1-7,13H;4-5,13H,1-3H2;4-5H,1-3H2,(H,12,13);1-6,12H;2,4,6H,1,3,5H2,(H,11,12);4-6,12H,1-3H2;4-5,11H,1-3H2;2,4,6,10H,1,3,5H2. The second kappa shape index (κ2) is 44.5. The van der Waals surface area contributed by atoms with Gasteiger partial charge in [0.25, 0.3) is 5.69 Å². The maximum Gasteiger partial charge on any atom is 0.336 e. The second-order valence-electron chi connectivity index (χ2n) is 29.9. The van der Waals surface area contributed by atoms with E-state index in [0.717, 1.165) is 218 Å². The number of nitro groups is 1. The minimum absolute atomic E-state index is 0.0468. The number of carboxylic acid groups (broad SMARTS) is 2. The molecule has 0 saturated heterocycles. The summed E-state index contributed by atoms with van der Waals surface area (Å²) in [6.45, 7) is 0. The molecule has 14 aromatic rings. The first-order valence-corrected chi connectivity index (χ1v) is 44.3. The van der Waals surface area contributed by atoms with Crippen LogP contribution in [0.5, 0.6) is 46.0 Å². The van der Waals surface area contributed by atoms with Crippen LogP contribution in [0.15, 0.2) is 241 Å². The molecule has 0 spiro atoms. The van der Waals surface area contributed by atoms with Crippen LogP contribution < -0.4 is 4.74 Å². The summed E-state index contributed by atoms with van der Waals surface area (Å²) in [4.78, 5) is 74.8. The Hall–Kier alpha value is -12.1. The Kier molecular flexibility index (Phi) is 33.3. The molecule has 19 nitrogen and oxygen atoms in total. The van der Waals surface area contributed by atoms with Crippen LogP contribution in [-0.2, 0) is 77.0 Å². The highest BCUT2D eigenvalue weighted by Crippen LogP contribution is 2.40. The van der Waals surface area contributed by atoms with Gasteiger partial charge >= 0.3 is 11.9 Å². The number of carbonyl (C=O) groups is 6. The van der Waals surface area contributed by atoms with E-state index < -0.39 is 16.9 Å². The van der Waals surface area contributed by atoms with E-state index in [1.54, 1.807) is 66.7 Å². The summed E-state index contributed by atoms with van der Waals surface area (Å²) in [5.41, 5.74) is 17.0. The van der Waals surface area contributed by atoms with Crippen LogP contribution in [0.4, 0.5) is 5.69 Å². The van der Waals surface area contributed by atoms with Gasteiger partial charge in [-0.3, -0.25) is 29.3 Å². The number of aryl methyl sites for hydroxylation is 4. The third kappa shape index (κ3) is 23.5. The Morgan fingerprint density at radius 1 is 0.328 bits per heavy atom. The number of non-ortho nitro benzene ring substituents is 1. The topological polar surface area (TPSA) is 337 Å². The molecule has 0 unspecified atom stereocenters. The summed E-state index contributed by atoms with van der Waals surface area (Å²) in [7, 11) is 1.51. The molecule has 20 rings (SSSR count). The first kappa shape index (κ1) is 93.6. The molecule has 0 amide bonds. The molecule has 14 aromatic carbocycles. The summed E-state index contributed by atoms with van der Waals surface area (Å²) in [5, 5.41) is 102. The maximum atomic E-state index is 10.9. The molecule has 6 aliphatic carbocycles. The molecule has 640 valence electrons. The number of carboxylic acids is 2. The van der Waals surface area contributed by atoms with Crippen molar-refractivity contribution in [3.63, 3.8) is 0 Å². The zero-order valence-electron chi connectivity index (χ0n) is 67.9. The predicted molar refractivity (Wildman–Crippen MR) is 505 cm³/mol. The number of nitrogens with zero attached hydrogens (tertiary/aromatic N) is 1. The third-order valence-corrected chi connectivity index (χ3v) is 24.9. The number of carbonyl (C=O) groups excluding carboxylic acids is 4. The van der Waals surface area contributed by atoms with Gasteiger partial charge in [-0.2, -0.15) is 0 Å². The van der Waals surface area contributed by atoms with Crippen LogP contribution >= 0.6 is 79.6 Å². The highest BCUT2D eigenvalue weighted by atomic mass is 79.9. The van der Waals surface area contributed by atoms with Gasteiger partial charge in [-0.1, -0.05) is 169 Å². The van der Waals surface area contributed by atoms with E-state index in [1.807, 2.05) is 115 Å². The summed E-state index contributed by atoms with van der Waals surface area (Å²) in [6.07, 6.45) is 21.8. The Morgan fingerprint density at radius 2 is 0.736 bits per heavy atom. The van der Waals surface area contributed by atoms with Gasteiger partial charge in [0.15, 0.2) is 18.9 Å². The molecule has 6 aliphatic rings. The fourth-order valence-corrected chi connectivity index (χ4v) is 18.8. The third-order valence-electron chi connectivity index (χ3n) is 22.2. The van der Waals surface area contributed by atoms with Crippen molar-refractivity contribution < 1.29 is 84.4 Å². The Morgan fingerprint density at radius 3 is 1.33 bits per heavy atom. The average Bonchev–Trinajstić information content (AvgIpc) is 1.77. The van der Waals surface area contributed by atoms with E-state index in [2.05, 4.69) is 91.8 Å². The number of hydrogen-bond donors (Lipinski definition) is 9. The Balaban J connectivity index is 0.000000135. The highest BCUT2D eigenvalue weighted by molar-refractivity contribution is 9.11. The minimum atomic E-state index is -0.820. The van der Waals surface area contributed by atoms with Gasteiger partial charge in [-0.15, -0.1) is 0 Å². The number of aromatic carboxylic acids is 2. The van der Waals surface area contributed by atoms with Crippen molar-refractivity contribution >= 4 is 166 Å². The van der Waals surface area contributed by atoms with Crippen LogP contribution in [0.1, 0.15) is 167 Å². The number of rotatable bonds is 8. The molecule has 0 heterocycles. The van der Waals surface area contributed by atoms with Crippen molar-refractivity contribution in [1.82, 2.24) is 0 Å². The van der Waals surface area contributed by atoms with E-state index in [-0.39, 0.29) is 17.2 Å². The monoisotopic (exact) mass is 2000 g/mol. The summed E-state index contributed by atoms with van der Waals surface area (Å²) in [6, 6.07) is 64.8. The van der Waals surface area contributed by atoms with Gasteiger partial charge in [-0.05, 0) is 321 Å². The number of aromatic hydroxyl groups is 7. The van der Waals surface area contributed by atoms with E-state index in [0.29, 0.717) is 82.0 Å². The number of aldehydes is 4. The van der Waals surface area contributed by atoms with Crippen molar-refractivity contribution in [2.75, 3.05) is 7.11 Å². The lowest BCUT2D eigenvalue weighted by molar-refractivity contribution is -0.384. The van der Waals surface area contributed by atoms with Gasteiger partial charge in [0.05, 0.1) is 29.2 Å². The zero-order chi connectivity index (χ0) is 89.5. The van der Waals surface area contributed by atoms with Crippen molar-refractivity contribution in [2.45, 2.75) is 116 Å². The number of methoxy groups -OCH3 is 1. The molecule has 0 atom stereocenters. The van der Waals surface area contributed by atoms with Gasteiger partial charge in [0.1, 0.15) is 52.3 Å². The minimum Gasteiger partial charge on any atom is -0.508 e. The van der Waals surface area contributed by atoms with E-state index >= 15 is 0 Å². The summed E-state index contributed by atoms with van der Waals surface area (Å²) >= 11 is 16.5. The Bertz CT molecular complexity index is 6390. The molecular weight excluding hydrogens is 1910 g/mol. The van der Waals surface area contributed by atoms with Gasteiger partial charge < -0.3 is 50.7 Å². The van der Waals surface area contributed by atoms with Crippen LogP contribution in [0, 0.1) is 10.1 Å². The van der Waals surface area contributed by atoms with Crippen molar-refractivity contribution in [3.8, 4) is 46.0 Å². The number of phenols is 7. The summed E-state index contributed by atoms with van der Waals surface area (Å²) < 4.78 is 9.17. The quantitative estimate of drug-likeness (QED) is 0.0388. The number of benzene rings is 14. The maximum absolute atomic E-state index is 10.9. The molecule has 125 heavy (non-hydrogen) atoms. The van der Waals surface area contributed by atoms with E-state index in [4.69, 9.17) is 14.9 Å². The lowest BCUT2D eigenvalue weighted by Crippen LogP contribution is -2.02. The lowest BCUT2D eigenvalue weighted by Gasteiger charge is -2.07. The molecular formula is C101H88Br5NO18. The second-order valence-corrected chi connectivity index (χ2v) is 34.4. The molecule has 0 saturated carbocycles. The van der Waals surface area contributed by atoms with Crippen molar-refractivity contribution in [3.05, 3.63) is 351 Å². The largest absolute Gasteiger partial charge is 0.508 e. The van der Waals surface area contributed by atoms with E-state index in [9.17, 15) is 74.6 Å². The van der Waals surface area contributed by atoms with Crippen LogP contribution in [0.3, 0.4) is 0 Å². The molecule has 0 fully saturated rings. The number of halogens is 5. The first-order valence-electron chi connectivity index (χ1n) is 40.3. The van der Waals surface area contributed by atoms with Crippen LogP contribution in [0.2, 0.25) is 0 Å². The molecule has 9 N–H and O–H groups in total. The number of hydrogen-bond acceptors (Lipinski definition) is 16. The van der Waals surface area contributed by atoms with E-state index in [1.165, 1.54) is 72.0 Å². The average molecular weight is 2000 g/mol. The Labute approximate surface area is 763 Å². The first-order chi connectivity index (χ1) is 60.2. The van der Waals surface area contributed by atoms with Gasteiger partial charge in [0.2, 0.25) is 0 Å². The molecule has 24 heteroatoms. The fraction of sp³-hybridized carbons (Fsp3) is 0.188. The highest BCUT2D eigenvalue weighted by Gasteiger charge is 2.24. The molecule has 0 radical (unpaired) electrons. The van der Waals surface area contributed by atoms with Crippen LogP contribution in [0.25, 0.3) is 43.1 Å². The SMILES string of the molecule is COc1cc([N+](=O)[O-])cc2ccccc12.O=C(O)c1cc(Br)cc2c1CCC2.O=C(O)c1cccc2c1CCC2.O=Cc1c(Br)cc(O)c2c1CCC2.O=Cc1c(Br)cc(O)c2ccccc12.O=Cc1ccc(O)c2c1CCC2.O=Cc1ccc(O)c2ccccc12.Oc1cc(Br)cc2c1CCC2.Oc1cc(Br)cc2ccccc12.Oc1cccc2c1CCC2. The number of fused-ring (bicyclic) bond motifs is 10. The molecule has 0 aromatic heterocycles. The van der Waals surface area contributed by atoms with Gasteiger partial charge in [-0.25, -0.2) is 9.59 Å². The van der Waals surface area contributed by atoms with Crippen molar-refractivity contribution in [1.29, 1.82) is 0 Å². The molecule has 0 bridgehead atoms. The zero-order valence-corrected chi connectivity index (χ0v) is 75.8. The number of nitro benzene ring substituents is 1. The number of ether oxygens (including phenoxy) is 1. The van der Waals surface area contributed by atoms with Crippen molar-refractivity contribution in [2.24, 2.45) is 0 Å². The lowest BCUT2D eigenvalue weighted by atomic mass is 10.0. The smallest absolute Gasteiger partial charge is 0.336 e. The summed E-state index contributed by atoms with van der Waals surface area (Å²) in [5.74, 6) is 1.20. The molecule has 0 aliphatic heterocycles. The number of phenolic OH excluding ortho intramolecular Hbond substituents is 7. The normalized spacial score (nSPS) is 12.7.